The lowest BCUT2D eigenvalue weighted by molar-refractivity contribution is -0.173. The first kappa shape index (κ1) is 13.0. The zero-order valence-corrected chi connectivity index (χ0v) is 12.8. The maximum atomic E-state index is 6.05. The Balaban J connectivity index is 1.98. The van der Waals surface area contributed by atoms with E-state index >= 15 is 0 Å². The Kier molecular flexibility index (Phi) is 2.70. The zero-order chi connectivity index (χ0) is 13.2. The van der Waals surface area contributed by atoms with Crippen LogP contribution in [0.3, 0.4) is 0 Å². The Morgan fingerprint density at radius 1 is 1.11 bits per heavy atom. The highest BCUT2D eigenvalue weighted by Gasteiger charge is 2.61. The summed E-state index contributed by atoms with van der Waals surface area (Å²) in [6.07, 6.45) is 8.98. The summed E-state index contributed by atoms with van der Waals surface area (Å²) < 4.78 is 0. The first-order valence-corrected chi connectivity index (χ1v) is 8.00. The Hall–Kier alpha value is -0.0400. The molecule has 0 aromatic rings. The van der Waals surface area contributed by atoms with Crippen molar-refractivity contribution in [3.8, 4) is 0 Å². The quantitative estimate of drug-likeness (QED) is 0.779. The van der Waals surface area contributed by atoms with Crippen LogP contribution in [0.2, 0.25) is 0 Å². The fraction of sp³-hybridized carbons (Fsp3) is 1.00. The van der Waals surface area contributed by atoms with Gasteiger partial charge in [-0.2, -0.15) is 0 Å². The van der Waals surface area contributed by atoms with Crippen LogP contribution in [0.25, 0.3) is 0 Å². The van der Waals surface area contributed by atoms with Crippen molar-refractivity contribution in [2.24, 2.45) is 39.7 Å². The molecular formula is C17H31N. The summed E-state index contributed by atoms with van der Waals surface area (Å²) in [5.41, 5.74) is 7.75. The topological polar surface area (TPSA) is 26.0 Å². The van der Waals surface area contributed by atoms with E-state index in [-0.39, 0.29) is 0 Å². The van der Waals surface area contributed by atoms with Gasteiger partial charge in [-0.25, -0.2) is 0 Å². The van der Waals surface area contributed by atoms with Crippen molar-refractivity contribution in [1.29, 1.82) is 0 Å². The van der Waals surface area contributed by atoms with E-state index in [0.29, 0.717) is 16.2 Å². The number of rotatable bonds is 2. The van der Waals surface area contributed by atoms with Gasteiger partial charge in [0.15, 0.2) is 0 Å². The van der Waals surface area contributed by atoms with E-state index in [1.165, 1.54) is 38.5 Å². The van der Waals surface area contributed by atoms with Crippen LogP contribution in [-0.4, -0.2) is 6.54 Å². The monoisotopic (exact) mass is 249 g/mol. The van der Waals surface area contributed by atoms with E-state index in [0.717, 1.165) is 24.3 Å². The van der Waals surface area contributed by atoms with Crippen molar-refractivity contribution in [3.05, 3.63) is 0 Å². The van der Waals surface area contributed by atoms with Crippen LogP contribution in [0.5, 0.6) is 0 Å². The van der Waals surface area contributed by atoms with Gasteiger partial charge in [0.1, 0.15) is 0 Å². The van der Waals surface area contributed by atoms with E-state index in [1.807, 2.05) is 0 Å². The second-order valence-corrected chi connectivity index (χ2v) is 8.99. The highest BCUT2D eigenvalue weighted by atomic mass is 14.7. The molecule has 18 heavy (non-hydrogen) atoms. The molecule has 3 atom stereocenters. The summed E-state index contributed by atoms with van der Waals surface area (Å²) in [7, 11) is 0. The van der Waals surface area contributed by atoms with Gasteiger partial charge >= 0.3 is 0 Å². The average molecular weight is 249 g/mol. The van der Waals surface area contributed by atoms with Crippen LogP contribution in [0.4, 0.5) is 0 Å². The maximum Gasteiger partial charge on any atom is -0.00462 e. The molecule has 4 aliphatic carbocycles. The Morgan fingerprint density at radius 2 is 1.67 bits per heavy atom. The number of hydrogen-bond acceptors (Lipinski definition) is 1. The summed E-state index contributed by atoms with van der Waals surface area (Å²) in [5, 5.41) is 0. The second kappa shape index (κ2) is 3.75. The van der Waals surface area contributed by atoms with Gasteiger partial charge < -0.3 is 5.73 Å². The second-order valence-electron chi connectivity index (χ2n) is 8.99. The van der Waals surface area contributed by atoms with E-state index in [4.69, 9.17) is 5.73 Å². The molecule has 3 unspecified atom stereocenters. The summed E-state index contributed by atoms with van der Waals surface area (Å²) in [5.74, 6) is 2.75. The molecule has 104 valence electrons. The first-order chi connectivity index (χ1) is 8.30. The van der Waals surface area contributed by atoms with Crippen molar-refractivity contribution in [2.75, 3.05) is 6.54 Å². The van der Waals surface area contributed by atoms with Gasteiger partial charge in [-0.3, -0.25) is 0 Å². The molecule has 0 spiro atoms. The summed E-state index contributed by atoms with van der Waals surface area (Å²) in [4.78, 5) is 0. The molecule has 0 aromatic heterocycles. The lowest BCUT2D eigenvalue weighted by Crippen LogP contribution is -2.58. The Labute approximate surface area is 113 Å². The van der Waals surface area contributed by atoms with Crippen LogP contribution in [0.15, 0.2) is 0 Å². The Bertz CT molecular complexity index is 324. The molecule has 4 aliphatic rings. The minimum absolute atomic E-state index is 0.477. The third kappa shape index (κ3) is 1.62. The molecule has 4 fully saturated rings. The minimum atomic E-state index is 0.477. The predicted molar refractivity (Wildman–Crippen MR) is 77.2 cm³/mol. The highest BCUT2D eigenvalue weighted by molar-refractivity contribution is 5.12. The molecular weight excluding hydrogens is 218 g/mol. The minimum Gasteiger partial charge on any atom is -0.330 e. The largest absolute Gasteiger partial charge is 0.330 e. The van der Waals surface area contributed by atoms with Crippen molar-refractivity contribution in [1.82, 2.24) is 0 Å². The third-order valence-electron chi connectivity index (χ3n) is 7.10. The van der Waals surface area contributed by atoms with Gasteiger partial charge in [0.2, 0.25) is 0 Å². The van der Waals surface area contributed by atoms with E-state index < -0.39 is 0 Å². The average Bonchev–Trinajstić information content (AvgIpc) is 2.24. The fourth-order valence-electron chi connectivity index (χ4n) is 6.04. The van der Waals surface area contributed by atoms with Gasteiger partial charge in [0, 0.05) is 0 Å². The highest BCUT2D eigenvalue weighted by Crippen LogP contribution is 2.71. The molecule has 0 saturated heterocycles. The molecule has 4 saturated carbocycles. The van der Waals surface area contributed by atoms with Crippen molar-refractivity contribution < 1.29 is 0 Å². The van der Waals surface area contributed by atoms with Crippen molar-refractivity contribution in [2.45, 2.75) is 66.2 Å². The van der Waals surface area contributed by atoms with Crippen LogP contribution >= 0.6 is 0 Å². The summed E-state index contributed by atoms with van der Waals surface area (Å²) in [6, 6.07) is 0. The molecule has 1 nitrogen and oxygen atoms in total. The number of hydrogen-bond donors (Lipinski definition) is 1. The van der Waals surface area contributed by atoms with E-state index in [9.17, 15) is 0 Å². The molecule has 0 heterocycles. The fourth-order valence-corrected chi connectivity index (χ4v) is 6.04. The molecule has 0 aliphatic heterocycles. The zero-order valence-electron chi connectivity index (χ0n) is 12.8. The third-order valence-corrected chi connectivity index (χ3v) is 7.10. The lowest BCUT2D eigenvalue weighted by atomic mass is 9.38. The number of nitrogens with two attached hydrogens (primary N) is 1. The molecule has 1 heteroatoms. The van der Waals surface area contributed by atoms with Crippen molar-refractivity contribution >= 4 is 0 Å². The van der Waals surface area contributed by atoms with E-state index in [2.05, 4.69) is 27.7 Å². The molecule has 0 amide bonds. The van der Waals surface area contributed by atoms with E-state index in [1.54, 1.807) is 0 Å². The van der Waals surface area contributed by atoms with Gasteiger partial charge in [-0.15, -0.1) is 0 Å². The van der Waals surface area contributed by atoms with Gasteiger partial charge in [0.05, 0.1) is 0 Å². The normalized spacial score (nSPS) is 48.5. The van der Waals surface area contributed by atoms with Crippen LogP contribution < -0.4 is 5.73 Å². The molecule has 4 bridgehead atoms. The first-order valence-electron chi connectivity index (χ1n) is 8.00. The summed E-state index contributed by atoms with van der Waals surface area (Å²) >= 11 is 0. The van der Waals surface area contributed by atoms with Gasteiger partial charge in [-0.05, 0) is 79.1 Å². The molecule has 0 radical (unpaired) electrons. The maximum absolute atomic E-state index is 6.05. The van der Waals surface area contributed by atoms with Gasteiger partial charge in [0.25, 0.3) is 0 Å². The SMILES string of the molecule is CC(CN)C12CC3CC(C1)CC(C(C)(C)C)(C3)C2. The predicted octanol–water partition coefficient (Wildman–Crippen LogP) is 4.21. The van der Waals surface area contributed by atoms with Crippen LogP contribution in [0, 0.1) is 34.0 Å². The smallest absolute Gasteiger partial charge is 0.00462 e. The van der Waals surface area contributed by atoms with Gasteiger partial charge in [-0.1, -0.05) is 27.7 Å². The molecule has 2 N–H and O–H groups in total. The van der Waals surface area contributed by atoms with Crippen LogP contribution in [0.1, 0.15) is 66.2 Å². The standard InChI is InChI=1S/C17H31N/c1-12(10-18)16-6-13-5-14(7-16)9-17(8-13,11-16)15(2,3)4/h12-14H,5-11,18H2,1-4H3. The van der Waals surface area contributed by atoms with Crippen LogP contribution in [-0.2, 0) is 0 Å². The molecule has 4 rings (SSSR count). The molecule has 0 aromatic carbocycles. The lowest BCUT2D eigenvalue weighted by Gasteiger charge is -2.67. The Morgan fingerprint density at radius 3 is 2.11 bits per heavy atom. The summed E-state index contributed by atoms with van der Waals surface area (Å²) in [6.45, 7) is 10.8. The van der Waals surface area contributed by atoms with Crippen molar-refractivity contribution in [3.63, 3.8) is 0 Å².